The second-order valence-electron chi connectivity index (χ2n) is 15.9. The molecule has 0 radical (unpaired) electrons. The molecular weight excluding hydrogens is 763 g/mol. The van der Waals surface area contributed by atoms with Gasteiger partial charge in [0, 0.05) is 22.3 Å². The second kappa shape index (κ2) is 16.8. The normalized spacial score (nSPS) is 14.0. The Kier molecular flexibility index (Phi) is 10.4. The number of fused-ring (bicyclic) bond motifs is 7. The lowest BCUT2D eigenvalue weighted by atomic mass is 9.68. The molecule has 0 heterocycles. The SMILES string of the molecule is C=NC(=NC1=C(c2ccccc2)C2(c3ccccc31)c1ccccc1-c1ccccc12)c1ccc(-c2ccc(C(=C)N=C(/C=C(\CC)c3ccccc3)c3ccccc3)cc2)cc1. The third-order valence-electron chi connectivity index (χ3n) is 12.4. The molecule has 8 aromatic carbocycles. The van der Waals surface area contributed by atoms with Crippen molar-refractivity contribution in [3.05, 3.63) is 275 Å². The summed E-state index contributed by atoms with van der Waals surface area (Å²) in [7, 11) is 0. The number of benzene rings is 8. The van der Waals surface area contributed by atoms with Gasteiger partial charge in [-0.3, -0.25) is 0 Å². The lowest BCUT2D eigenvalue weighted by molar-refractivity contribution is 0.842. The minimum absolute atomic E-state index is 0.552. The van der Waals surface area contributed by atoms with Crippen LogP contribution in [0.25, 0.3) is 44.8 Å². The first-order valence-corrected chi connectivity index (χ1v) is 21.5. The Balaban J connectivity index is 1.00. The molecule has 300 valence electrons. The zero-order valence-corrected chi connectivity index (χ0v) is 35.2. The summed E-state index contributed by atoms with van der Waals surface area (Å²) in [6.45, 7) is 10.6. The molecule has 0 N–H and O–H groups in total. The molecule has 63 heavy (non-hydrogen) atoms. The van der Waals surface area contributed by atoms with Gasteiger partial charge in [-0.05, 0) is 80.4 Å². The van der Waals surface area contributed by atoms with Crippen LogP contribution in [0.5, 0.6) is 0 Å². The van der Waals surface area contributed by atoms with Crippen LogP contribution in [0.2, 0.25) is 0 Å². The average molecular weight is 808 g/mol. The van der Waals surface area contributed by atoms with Crippen LogP contribution < -0.4 is 0 Å². The van der Waals surface area contributed by atoms with Crippen molar-refractivity contribution in [2.75, 3.05) is 0 Å². The first-order chi connectivity index (χ1) is 31.1. The summed E-state index contributed by atoms with van der Waals surface area (Å²) in [5.41, 5.74) is 19.1. The number of hydrogen-bond donors (Lipinski definition) is 0. The maximum Gasteiger partial charge on any atom is 0.159 e. The zero-order chi connectivity index (χ0) is 42.8. The maximum atomic E-state index is 5.49. The number of nitrogens with zero attached hydrogens (tertiary/aromatic N) is 3. The lowest BCUT2D eigenvalue weighted by Gasteiger charge is -2.32. The van der Waals surface area contributed by atoms with Gasteiger partial charge in [0.05, 0.1) is 22.5 Å². The van der Waals surface area contributed by atoms with Gasteiger partial charge in [0.15, 0.2) is 5.84 Å². The van der Waals surface area contributed by atoms with Crippen molar-refractivity contribution in [2.45, 2.75) is 18.8 Å². The third-order valence-corrected chi connectivity index (χ3v) is 12.4. The van der Waals surface area contributed by atoms with E-state index in [-0.39, 0.29) is 0 Å². The summed E-state index contributed by atoms with van der Waals surface area (Å²) in [4.78, 5) is 15.2. The van der Waals surface area contributed by atoms with Crippen molar-refractivity contribution in [3.8, 4) is 22.3 Å². The van der Waals surface area contributed by atoms with Crippen molar-refractivity contribution in [2.24, 2.45) is 15.0 Å². The molecule has 1 spiro atoms. The van der Waals surface area contributed by atoms with Gasteiger partial charge >= 0.3 is 0 Å². The van der Waals surface area contributed by atoms with Crippen LogP contribution in [0.1, 0.15) is 63.4 Å². The molecule has 0 aliphatic heterocycles. The van der Waals surface area contributed by atoms with E-state index in [0.29, 0.717) is 11.5 Å². The predicted octanol–water partition coefficient (Wildman–Crippen LogP) is 14.7. The van der Waals surface area contributed by atoms with E-state index < -0.39 is 5.41 Å². The quantitative estimate of drug-likeness (QED) is 0.0975. The monoisotopic (exact) mass is 807 g/mol. The molecule has 8 aromatic rings. The molecular formula is C60H45N3. The Hall–Kier alpha value is -8.01. The van der Waals surface area contributed by atoms with Crippen LogP contribution in [0.4, 0.5) is 0 Å². The van der Waals surface area contributed by atoms with E-state index in [1.54, 1.807) is 0 Å². The Morgan fingerprint density at radius 1 is 0.476 bits per heavy atom. The largest absolute Gasteiger partial charge is 0.248 e. The number of aliphatic imine (C=N–C) groups is 3. The minimum atomic E-state index is -0.552. The fourth-order valence-electron chi connectivity index (χ4n) is 9.50. The van der Waals surface area contributed by atoms with E-state index in [0.717, 1.165) is 62.3 Å². The van der Waals surface area contributed by atoms with Gasteiger partial charge < -0.3 is 0 Å². The van der Waals surface area contributed by atoms with Gasteiger partial charge in [0.1, 0.15) is 0 Å². The number of rotatable bonds is 10. The van der Waals surface area contributed by atoms with Crippen LogP contribution in [-0.2, 0) is 5.41 Å². The molecule has 0 fully saturated rings. The zero-order valence-electron chi connectivity index (χ0n) is 35.2. The average Bonchev–Trinajstić information content (AvgIpc) is 3.82. The number of allylic oxidation sites excluding steroid dienone is 3. The topological polar surface area (TPSA) is 37.1 Å². The van der Waals surface area contributed by atoms with Gasteiger partial charge in [-0.25, -0.2) is 15.0 Å². The fraction of sp³-hybridized carbons (Fsp3) is 0.0500. The highest BCUT2D eigenvalue weighted by molar-refractivity contribution is 6.15. The van der Waals surface area contributed by atoms with Crippen LogP contribution >= 0.6 is 0 Å². The van der Waals surface area contributed by atoms with Crippen LogP contribution in [-0.4, -0.2) is 18.3 Å². The molecule has 0 aromatic heterocycles. The first kappa shape index (κ1) is 39.1. The third kappa shape index (κ3) is 6.94. The summed E-state index contributed by atoms with van der Waals surface area (Å²) >= 11 is 0. The van der Waals surface area contributed by atoms with E-state index in [9.17, 15) is 0 Å². The van der Waals surface area contributed by atoms with E-state index in [1.807, 2.05) is 24.3 Å². The van der Waals surface area contributed by atoms with Gasteiger partial charge in [-0.15, -0.1) is 0 Å². The Morgan fingerprint density at radius 2 is 0.937 bits per heavy atom. The molecule has 2 aliphatic carbocycles. The number of amidine groups is 1. The highest BCUT2D eigenvalue weighted by Crippen LogP contribution is 2.64. The molecule has 3 nitrogen and oxygen atoms in total. The highest BCUT2D eigenvalue weighted by Gasteiger charge is 2.53. The molecule has 0 atom stereocenters. The smallest absolute Gasteiger partial charge is 0.159 e. The van der Waals surface area contributed by atoms with Gasteiger partial charge in [-0.1, -0.05) is 226 Å². The molecule has 0 saturated heterocycles. The Bertz CT molecular complexity index is 3090. The maximum absolute atomic E-state index is 5.49. The van der Waals surface area contributed by atoms with Gasteiger partial charge in [0.2, 0.25) is 0 Å². The van der Waals surface area contributed by atoms with E-state index in [4.69, 9.17) is 9.98 Å². The highest BCUT2D eigenvalue weighted by atomic mass is 14.9. The van der Waals surface area contributed by atoms with E-state index in [2.05, 4.69) is 219 Å². The predicted molar refractivity (Wildman–Crippen MR) is 266 cm³/mol. The summed E-state index contributed by atoms with van der Waals surface area (Å²) in [5, 5.41) is 0. The van der Waals surface area contributed by atoms with Gasteiger partial charge in [0.25, 0.3) is 0 Å². The minimum Gasteiger partial charge on any atom is -0.248 e. The first-order valence-electron chi connectivity index (χ1n) is 21.5. The van der Waals surface area contributed by atoms with Gasteiger partial charge in [-0.2, -0.15) is 0 Å². The van der Waals surface area contributed by atoms with Crippen LogP contribution in [0.15, 0.2) is 240 Å². The van der Waals surface area contributed by atoms with E-state index in [1.165, 1.54) is 39.0 Å². The standard InChI is InChI=1S/C60H45N3/c1-4-42(44-20-8-5-9-21-44)40-56(47-22-10-6-11-23-47)62-41(2)43-32-34-45(35-33-43)46-36-38-49(39-37-46)59(61-3)63-58-52-28-16-19-31-55(52)60(57(58)48-24-12-7-13-25-48)53-29-17-14-26-50(53)51-27-15-18-30-54(51)60/h5-40H,2-4H2,1H3/b42-40+,62-56?,63-59?. The molecule has 0 amide bonds. The summed E-state index contributed by atoms with van der Waals surface area (Å²) in [6, 6.07) is 74.9. The van der Waals surface area contributed by atoms with Crippen molar-refractivity contribution in [1.29, 1.82) is 0 Å². The molecule has 3 heteroatoms. The summed E-state index contributed by atoms with van der Waals surface area (Å²) in [5.74, 6) is 0.572. The van der Waals surface area contributed by atoms with Crippen LogP contribution in [0.3, 0.4) is 0 Å². The number of hydrogen-bond acceptors (Lipinski definition) is 2. The molecule has 10 rings (SSSR count). The second-order valence-corrected chi connectivity index (χ2v) is 15.9. The summed E-state index contributed by atoms with van der Waals surface area (Å²) in [6.07, 6.45) is 3.08. The molecule has 2 aliphatic rings. The molecule has 0 unspecified atom stereocenters. The van der Waals surface area contributed by atoms with Crippen molar-refractivity contribution in [3.63, 3.8) is 0 Å². The molecule has 0 bridgehead atoms. The van der Waals surface area contributed by atoms with Crippen LogP contribution in [0, 0.1) is 0 Å². The Labute approximate surface area is 370 Å². The fourth-order valence-corrected chi connectivity index (χ4v) is 9.50. The summed E-state index contributed by atoms with van der Waals surface area (Å²) < 4.78 is 0. The van der Waals surface area contributed by atoms with Crippen molar-refractivity contribution in [1.82, 2.24) is 0 Å². The molecule has 0 saturated carbocycles. The lowest BCUT2D eigenvalue weighted by Crippen LogP contribution is -2.26. The van der Waals surface area contributed by atoms with E-state index >= 15 is 0 Å². The van der Waals surface area contributed by atoms with Crippen molar-refractivity contribution >= 4 is 40.8 Å². The van der Waals surface area contributed by atoms with Crippen molar-refractivity contribution < 1.29 is 0 Å². The Morgan fingerprint density at radius 3 is 1.48 bits per heavy atom.